The highest BCUT2D eigenvalue weighted by molar-refractivity contribution is 5.83. The largest absolute Gasteiger partial charge is 0.481 e. The van der Waals surface area contributed by atoms with Gasteiger partial charge in [-0.1, -0.05) is 42.5 Å². The number of hydrogen-bond donors (Lipinski definition) is 2. The molecule has 0 fully saturated rings. The van der Waals surface area contributed by atoms with E-state index in [2.05, 4.69) is 11.1 Å². The van der Waals surface area contributed by atoms with Crippen molar-refractivity contribution in [3.8, 4) is 0 Å². The summed E-state index contributed by atoms with van der Waals surface area (Å²) in [5, 5.41) is 10.7. The average Bonchev–Trinajstić information content (AvgIpc) is 3.10. The molecule has 4 rings (SSSR count). The van der Waals surface area contributed by atoms with Crippen molar-refractivity contribution in [2.45, 2.75) is 31.7 Å². The van der Waals surface area contributed by atoms with Gasteiger partial charge in [0.05, 0.1) is 5.92 Å². The number of nitrogens with one attached hydrogen (secondary N) is 1. The molecule has 27 heavy (non-hydrogen) atoms. The molecular weight excluding hydrogens is 340 g/mol. The third-order valence-corrected chi connectivity index (χ3v) is 5.36. The Labute approximate surface area is 157 Å². The van der Waals surface area contributed by atoms with E-state index in [4.69, 9.17) is 0 Å². The number of fused-ring (bicyclic) bond motifs is 2. The van der Waals surface area contributed by atoms with Gasteiger partial charge in [0, 0.05) is 36.6 Å². The molecule has 2 heterocycles. The van der Waals surface area contributed by atoms with Gasteiger partial charge >= 0.3 is 5.97 Å². The summed E-state index contributed by atoms with van der Waals surface area (Å²) in [6.45, 7) is 0.740. The van der Waals surface area contributed by atoms with Crippen molar-refractivity contribution in [2.24, 2.45) is 0 Å². The van der Waals surface area contributed by atoms with Crippen molar-refractivity contribution in [2.75, 3.05) is 6.54 Å². The molecule has 2 aromatic carbocycles. The van der Waals surface area contributed by atoms with E-state index in [1.165, 1.54) is 10.9 Å². The van der Waals surface area contributed by atoms with Gasteiger partial charge in [0.15, 0.2) is 0 Å². The van der Waals surface area contributed by atoms with E-state index in [1.54, 1.807) is 4.90 Å². The molecule has 5 heteroatoms. The van der Waals surface area contributed by atoms with Gasteiger partial charge in [0.25, 0.3) is 0 Å². The van der Waals surface area contributed by atoms with Crippen LogP contribution in [0.15, 0.2) is 54.7 Å². The standard InChI is InChI=1S/C22H22N2O3/c25-21(11-5-7-15-12-23-20-10-4-3-9-18(15)20)24-13-16-6-1-2-8-17(16)19(14-24)22(26)27/h1-4,6,8-10,12,19,23H,5,7,11,13-14H2,(H,26,27). The zero-order valence-electron chi connectivity index (χ0n) is 15.0. The van der Waals surface area contributed by atoms with Crippen LogP contribution in [0.5, 0.6) is 0 Å². The fraction of sp³-hybridized carbons (Fsp3) is 0.273. The predicted molar refractivity (Wildman–Crippen MR) is 103 cm³/mol. The quantitative estimate of drug-likeness (QED) is 0.727. The maximum atomic E-state index is 12.7. The monoisotopic (exact) mass is 362 g/mol. The molecule has 1 aliphatic rings. The molecule has 1 unspecified atom stereocenters. The van der Waals surface area contributed by atoms with Crippen molar-refractivity contribution in [1.82, 2.24) is 9.88 Å². The van der Waals surface area contributed by atoms with Crippen molar-refractivity contribution in [3.05, 3.63) is 71.4 Å². The summed E-state index contributed by atoms with van der Waals surface area (Å²) in [5.41, 5.74) is 4.08. The van der Waals surface area contributed by atoms with Gasteiger partial charge in [0.2, 0.25) is 5.91 Å². The molecule has 1 aromatic heterocycles. The lowest BCUT2D eigenvalue weighted by Gasteiger charge is -2.33. The van der Waals surface area contributed by atoms with Crippen LogP contribution in [0.3, 0.4) is 0 Å². The van der Waals surface area contributed by atoms with Gasteiger partial charge in [-0.25, -0.2) is 0 Å². The molecular formula is C22H22N2O3. The number of amides is 1. The number of rotatable bonds is 5. The molecule has 1 amide bonds. The minimum Gasteiger partial charge on any atom is -0.481 e. The lowest BCUT2D eigenvalue weighted by Crippen LogP contribution is -2.40. The number of benzene rings is 2. The molecule has 0 aliphatic carbocycles. The Morgan fingerprint density at radius 3 is 2.74 bits per heavy atom. The molecule has 2 N–H and O–H groups in total. The SMILES string of the molecule is O=C(O)C1CN(C(=O)CCCc2c[nH]c3ccccc23)Cc2ccccc21. The fourth-order valence-corrected chi connectivity index (χ4v) is 3.93. The van der Waals surface area contributed by atoms with Crippen molar-refractivity contribution in [1.29, 1.82) is 0 Å². The van der Waals surface area contributed by atoms with E-state index in [-0.39, 0.29) is 12.5 Å². The van der Waals surface area contributed by atoms with Crippen LogP contribution in [0.2, 0.25) is 0 Å². The van der Waals surface area contributed by atoms with E-state index in [9.17, 15) is 14.7 Å². The molecule has 3 aromatic rings. The molecule has 0 spiro atoms. The van der Waals surface area contributed by atoms with Crippen LogP contribution in [-0.4, -0.2) is 33.4 Å². The van der Waals surface area contributed by atoms with Crippen LogP contribution < -0.4 is 0 Å². The summed E-state index contributed by atoms with van der Waals surface area (Å²) in [7, 11) is 0. The number of carbonyl (C=O) groups excluding carboxylic acids is 1. The zero-order chi connectivity index (χ0) is 18.8. The summed E-state index contributed by atoms with van der Waals surface area (Å²) in [6, 6.07) is 15.7. The van der Waals surface area contributed by atoms with E-state index in [0.717, 1.165) is 29.5 Å². The van der Waals surface area contributed by atoms with E-state index in [1.807, 2.05) is 48.7 Å². The molecule has 138 valence electrons. The minimum atomic E-state index is -0.876. The van der Waals surface area contributed by atoms with Crippen LogP contribution in [0, 0.1) is 0 Å². The third kappa shape index (κ3) is 3.45. The summed E-state index contributed by atoms with van der Waals surface area (Å²) >= 11 is 0. The zero-order valence-corrected chi connectivity index (χ0v) is 15.0. The molecule has 0 saturated heterocycles. The number of para-hydroxylation sites is 1. The maximum Gasteiger partial charge on any atom is 0.312 e. The summed E-state index contributed by atoms with van der Waals surface area (Å²) < 4.78 is 0. The first-order valence-corrected chi connectivity index (χ1v) is 9.27. The number of hydrogen-bond acceptors (Lipinski definition) is 2. The van der Waals surface area contributed by atoms with E-state index in [0.29, 0.717) is 13.0 Å². The Hall–Kier alpha value is -3.08. The van der Waals surface area contributed by atoms with E-state index >= 15 is 0 Å². The predicted octanol–water partition coefficient (Wildman–Crippen LogP) is 3.70. The fourth-order valence-electron chi connectivity index (χ4n) is 3.93. The molecule has 0 bridgehead atoms. The van der Waals surface area contributed by atoms with Crippen LogP contribution in [0.1, 0.15) is 35.4 Å². The topological polar surface area (TPSA) is 73.4 Å². The van der Waals surface area contributed by atoms with Crippen LogP contribution in [0.25, 0.3) is 10.9 Å². The number of aromatic nitrogens is 1. The van der Waals surface area contributed by atoms with E-state index < -0.39 is 11.9 Å². The summed E-state index contributed by atoms with van der Waals surface area (Å²) in [5.74, 6) is -1.50. The molecule has 1 aliphatic heterocycles. The number of H-pyrrole nitrogens is 1. The van der Waals surface area contributed by atoms with Gasteiger partial charge < -0.3 is 15.0 Å². The van der Waals surface area contributed by atoms with Gasteiger partial charge in [-0.3, -0.25) is 9.59 Å². The Morgan fingerprint density at radius 2 is 1.89 bits per heavy atom. The summed E-state index contributed by atoms with van der Waals surface area (Å²) in [6.07, 6.45) is 4.00. The van der Waals surface area contributed by atoms with Gasteiger partial charge in [0.1, 0.15) is 0 Å². The number of carboxylic acid groups (broad SMARTS) is 1. The van der Waals surface area contributed by atoms with Crippen molar-refractivity contribution in [3.63, 3.8) is 0 Å². The normalized spacial score (nSPS) is 16.3. The van der Waals surface area contributed by atoms with Crippen LogP contribution in [-0.2, 0) is 22.6 Å². The maximum absolute atomic E-state index is 12.7. The minimum absolute atomic E-state index is 0.0237. The summed E-state index contributed by atoms with van der Waals surface area (Å²) in [4.78, 5) is 29.3. The second-order valence-electron chi connectivity index (χ2n) is 7.08. The molecule has 0 saturated carbocycles. The smallest absolute Gasteiger partial charge is 0.312 e. The van der Waals surface area contributed by atoms with Crippen molar-refractivity contribution < 1.29 is 14.7 Å². The van der Waals surface area contributed by atoms with Gasteiger partial charge in [-0.2, -0.15) is 0 Å². The van der Waals surface area contributed by atoms with Gasteiger partial charge in [-0.05, 0) is 35.6 Å². The third-order valence-electron chi connectivity index (χ3n) is 5.36. The second kappa shape index (κ2) is 7.27. The highest BCUT2D eigenvalue weighted by atomic mass is 16.4. The number of carbonyl (C=O) groups is 2. The highest BCUT2D eigenvalue weighted by Gasteiger charge is 2.32. The molecule has 5 nitrogen and oxygen atoms in total. The Kier molecular flexibility index (Phi) is 4.67. The molecule has 1 atom stereocenters. The first kappa shape index (κ1) is 17.3. The lowest BCUT2D eigenvalue weighted by molar-refractivity contribution is -0.141. The Balaban J connectivity index is 1.41. The van der Waals surface area contributed by atoms with Crippen LogP contribution >= 0.6 is 0 Å². The average molecular weight is 362 g/mol. The number of aryl methyl sites for hydroxylation is 1. The first-order valence-electron chi connectivity index (χ1n) is 9.27. The first-order chi connectivity index (χ1) is 13.1. The number of aliphatic carboxylic acids is 1. The van der Waals surface area contributed by atoms with Gasteiger partial charge in [-0.15, -0.1) is 0 Å². The second-order valence-corrected chi connectivity index (χ2v) is 7.08. The number of nitrogens with zero attached hydrogens (tertiary/aromatic N) is 1. The van der Waals surface area contributed by atoms with Crippen molar-refractivity contribution >= 4 is 22.8 Å². The lowest BCUT2D eigenvalue weighted by atomic mass is 9.89. The molecule has 0 radical (unpaired) electrons. The van der Waals surface area contributed by atoms with Crippen LogP contribution in [0.4, 0.5) is 0 Å². The number of aromatic amines is 1. The Bertz CT molecular complexity index is 992. The number of carboxylic acids is 1. The highest BCUT2D eigenvalue weighted by Crippen LogP contribution is 2.29. The Morgan fingerprint density at radius 1 is 1.11 bits per heavy atom.